The third kappa shape index (κ3) is 6.17. The molecule has 0 saturated carbocycles. The number of carbonyl (C=O) groups is 3. The molecule has 1 aromatic heterocycles. The average Bonchev–Trinajstić information content (AvgIpc) is 2.74. The van der Waals surface area contributed by atoms with Gasteiger partial charge in [0.15, 0.2) is 6.61 Å². The van der Waals surface area contributed by atoms with Crippen molar-refractivity contribution in [3.8, 4) is 5.88 Å². The quantitative estimate of drug-likeness (QED) is 0.694. The van der Waals surface area contributed by atoms with Crippen LogP contribution in [0.1, 0.15) is 18.4 Å². The highest BCUT2D eigenvalue weighted by atomic mass is 19.4. The number of halogens is 3. The first-order chi connectivity index (χ1) is 14.7. The molecule has 0 aliphatic carbocycles. The van der Waals surface area contributed by atoms with Crippen LogP contribution in [0.15, 0.2) is 42.6 Å². The number of amides is 3. The first-order valence-electron chi connectivity index (χ1n) is 9.32. The fraction of sp³-hybridized carbons (Fsp3) is 0.300. The van der Waals surface area contributed by atoms with E-state index in [9.17, 15) is 27.6 Å². The Bertz CT molecular complexity index is 981. The lowest BCUT2D eigenvalue weighted by Gasteiger charge is -2.29. The van der Waals surface area contributed by atoms with Crippen LogP contribution >= 0.6 is 0 Å². The monoisotopic (exact) mass is 436 g/mol. The smallest absolute Gasteiger partial charge is 0.422 e. The van der Waals surface area contributed by atoms with Gasteiger partial charge in [-0.2, -0.15) is 13.2 Å². The molecule has 0 unspecified atom stereocenters. The zero-order valence-corrected chi connectivity index (χ0v) is 16.2. The molecular weight excluding hydrogens is 417 g/mol. The molecule has 3 rings (SSSR count). The fourth-order valence-electron chi connectivity index (χ4n) is 2.93. The van der Waals surface area contributed by atoms with Crippen LogP contribution in [0.4, 0.5) is 24.5 Å². The molecule has 11 heteroatoms. The number of hydrogen-bond donors (Lipinski definition) is 2. The molecule has 8 nitrogen and oxygen atoms in total. The molecule has 2 N–H and O–H groups in total. The van der Waals surface area contributed by atoms with Gasteiger partial charge in [-0.25, -0.2) is 4.98 Å². The molecule has 0 saturated heterocycles. The number of carbonyl (C=O) groups excluding carboxylic acids is 3. The lowest BCUT2D eigenvalue weighted by atomic mass is 10.1. The van der Waals surface area contributed by atoms with E-state index in [0.717, 1.165) is 0 Å². The number of rotatable bonds is 7. The van der Waals surface area contributed by atoms with Crippen molar-refractivity contribution in [1.82, 2.24) is 10.3 Å². The van der Waals surface area contributed by atoms with Crippen LogP contribution < -0.4 is 20.3 Å². The summed E-state index contributed by atoms with van der Waals surface area (Å²) in [6.07, 6.45) is -3.53. The SMILES string of the molecule is O=C(CCC(=O)N1CC(=O)Nc2ccccc21)NCc1cccnc1OCC(F)(F)F. The highest BCUT2D eigenvalue weighted by molar-refractivity contribution is 6.10. The Morgan fingerprint density at radius 2 is 1.94 bits per heavy atom. The van der Waals surface area contributed by atoms with E-state index in [-0.39, 0.29) is 43.3 Å². The molecule has 164 valence electrons. The van der Waals surface area contributed by atoms with Gasteiger partial charge in [-0.15, -0.1) is 0 Å². The van der Waals surface area contributed by atoms with Gasteiger partial charge in [-0.1, -0.05) is 18.2 Å². The van der Waals surface area contributed by atoms with Crippen LogP contribution in [-0.4, -0.2) is 42.0 Å². The van der Waals surface area contributed by atoms with E-state index in [1.807, 2.05) is 0 Å². The molecule has 3 amide bonds. The van der Waals surface area contributed by atoms with Crippen LogP contribution in [-0.2, 0) is 20.9 Å². The van der Waals surface area contributed by atoms with E-state index in [0.29, 0.717) is 11.4 Å². The van der Waals surface area contributed by atoms with Crippen molar-refractivity contribution < 1.29 is 32.3 Å². The third-order valence-corrected chi connectivity index (χ3v) is 4.34. The van der Waals surface area contributed by atoms with E-state index >= 15 is 0 Å². The maximum Gasteiger partial charge on any atom is 0.422 e. The van der Waals surface area contributed by atoms with Crippen LogP contribution in [0.5, 0.6) is 5.88 Å². The summed E-state index contributed by atoms with van der Waals surface area (Å²) in [7, 11) is 0. The zero-order valence-electron chi connectivity index (χ0n) is 16.2. The first-order valence-corrected chi connectivity index (χ1v) is 9.32. The van der Waals surface area contributed by atoms with Gasteiger partial charge in [0, 0.05) is 31.1 Å². The molecule has 0 atom stereocenters. The minimum atomic E-state index is -4.51. The maximum absolute atomic E-state index is 12.5. The van der Waals surface area contributed by atoms with E-state index in [1.165, 1.54) is 23.2 Å². The highest BCUT2D eigenvalue weighted by Crippen LogP contribution is 2.29. The summed E-state index contributed by atoms with van der Waals surface area (Å²) in [5.41, 5.74) is 1.34. The predicted octanol–water partition coefficient (Wildman–Crippen LogP) is 2.40. The molecule has 2 aromatic rings. The third-order valence-electron chi connectivity index (χ3n) is 4.34. The standard InChI is InChI=1S/C20H19F3N4O4/c21-20(22,23)12-31-19-13(4-3-9-24-19)10-25-16(28)7-8-18(30)27-11-17(29)26-14-5-1-2-6-15(14)27/h1-6,9H,7-8,10-12H2,(H,25,28)(H,26,29). The Balaban J connectivity index is 1.52. The molecule has 1 aliphatic rings. The molecule has 2 heterocycles. The lowest BCUT2D eigenvalue weighted by Crippen LogP contribution is -2.42. The number of nitrogens with one attached hydrogen (secondary N) is 2. The maximum atomic E-state index is 12.5. The number of alkyl halides is 3. The zero-order chi connectivity index (χ0) is 22.4. The van der Waals surface area contributed by atoms with E-state index in [4.69, 9.17) is 0 Å². The van der Waals surface area contributed by atoms with Crippen molar-refractivity contribution in [3.63, 3.8) is 0 Å². The Labute approximate surface area is 175 Å². The Hall–Kier alpha value is -3.63. The second-order valence-electron chi connectivity index (χ2n) is 6.69. The number of pyridine rings is 1. The summed E-state index contributed by atoms with van der Waals surface area (Å²) >= 11 is 0. The molecule has 0 radical (unpaired) electrons. The van der Waals surface area contributed by atoms with Crippen molar-refractivity contribution in [2.24, 2.45) is 0 Å². The largest absolute Gasteiger partial charge is 0.468 e. The number of nitrogens with zero attached hydrogens (tertiary/aromatic N) is 2. The highest BCUT2D eigenvalue weighted by Gasteiger charge is 2.29. The van der Waals surface area contributed by atoms with Crippen molar-refractivity contribution in [1.29, 1.82) is 0 Å². The number of benzene rings is 1. The molecule has 1 aliphatic heterocycles. The number of fused-ring (bicyclic) bond motifs is 1. The van der Waals surface area contributed by atoms with Crippen molar-refractivity contribution in [2.75, 3.05) is 23.4 Å². The summed E-state index contributed by atoms with van der Waals surface area (Å²) in [6.45, 7) is -1.75. The molecule has 0 bridgehead atoms. The van der Waals surface area contributed by atoms with Crippen molar-refractivity contribution in [3.05, 3.63) is 48.2 Å². The van der Waals surface area contributed by atoms with E-state index < -0.39 is 24.6 Å². The van der Waals surface area contributed by atoms with Crippen molar-refractivity contribution in [2.45, 2.75) is 25.6 Å². The first kappa shape index (κ1) is 22.1. The minimum Gasteiger partial charge on any atom is -0.468 e. The Kier molecular flexibility index (Phi) is 6.73. The predicted molar refractivity (Wildman–Crippen MR) is 104 cm³/mol. The number of hydrogen-bond acceptors (Lipinski definition) is 5. The molecule has 0 fully saturated rings. The Morgan fingerprint density at radius 3 is 2.71 bits per heavy atom. The molecule has 0 spiro atoms. The van der Waals surface area contributed by atoms with Gasteiger partial charge < -0.3 is 20.3 Å². The summed E-state index contributed by atoms with van der Waals surface area (Å²) in [5, 5.41) is 5.21. The van der Waals surface area contributed by atoms with Gasteiger partial charge in [0.05, 0.1) is 11.4 Å². The second-order valence-corrected chi connectivity index (χ2v) is 6.69. The lowest BCUT2D eigenvalue weighted by molar-refractivity contribution is -0.154. The molecule has 1 aromatic carbocycles. The summed E-state index contributed by atoms with van der Waals surface area (Å²) < 4.78 is 41.7. The second kappa shape index (κ2) is 9.45. The average molecular weight is 436 g/mol. The summed E-state index contributed by atoms with van der Waals surface area (Å²) in [6, 6.07) is 9.81. The van der Waals surface area contributed by atoms with Gasteiger partial charge in [0.2, 0.25) is 23.6 Å². The summed E-state index contributed by atoms with van der Waals surface area (Å²) in [4.78, 5) is 41.6. The van der Waals surface area contributed by atoms with Gasteiger partial charge in [-0.05, 0) is 18.2 Å². The fourth-order valence-corrected chi connectivity index (χ4v) is 2.93. The van der Waals surface area contributed by atoms with Gasteiger partial charge in [0.25, 0.3) is 0 Å². The number of para-hydroxylation sites is 2. The van der Waals surface area contributed by atoms with Gasteiger partial charge in [0.1, 0.15) is 6.54 Å². The number of ether oxygens (including phenoxy) is 1. The topological polar surface area (TPSA) is 101 Å². The molecule has 31 heavy (non-hydrogen) atoms. The van der Waals surface area contributed by atoms with Gasteiger partial charge in [-0.3, -0.25) is 14.4 Å². The van der Waals surface area contributed by atoms with Crippen LogP contribution in [0.3, 0.4) is 0 Å². The summed E-state index contributed by atoms with van der Waals surface area (Å²) in [5.74, 6) is -1.44. The normalized spacial score (nSPS) is 13.3. The van der Waals surface area contributed by atoms with Crippen LogP contribution in [0.2, 0.25) is 0 Å². The number of anilines is 2. The van der Waals surface area contributed by atoms with Gasteiger partial charge >= 0.3 is 6.18 Å². The van der Waals surface area contributed by atoms with Crippen LogP contribution in [0.25, 0.3) is 0 Å². The minimum absolute atomic E-state index is 0.108. The number of aromatic nitrogens is 1. The Morgan fingerprint density at radius 1 is 1.16 bits per heavy atom. The van der Waals surface area contributed by atoms with E-state index in [1.54, 1.807) is 24.3 Å². The van der Waals surface area contributed by atoms with E-state index in [2.05, 4.69) is 20.4 Å². The molecular formula is C20H19F3N4O4. The van der Waals surface area contributed by atoms with Crippen LogP contribution in [0, 0.1) is 0 Å². The van der Waals surface area contributed by atoms with Crippen molar-refractivity contribution >= 4 is 29.1 Å².